The monoisotopic (exact) mass is 445 g/mol. The first-order valence-electron chi connectivity index (χ1n) is 11.1. The molecule has 0 saturated heterocycles. The van der Waals surface area contributed by atoms with Gasteiger partial charge in [0.2, 0.25) is 5.89 Å². The van der Waals surface area contributed by atoms with Crippen molar-refractivity contribution >= 4 is 11.6 Å². The Balaban J connectivity index is 1.66. The molecule has 0 atom stereocenters. The molecule has 1 aliphatic carbocycles. The van der Waals surface area contributed by atoms with Gasteiger partial charge in [0.05, 0.1) is 35.4 Å². The van der Waals surface area contributed by atoms with E-state index >= 15 is 0 Å². The van der Waals surface area contributed by atoms with Gasteiger partial charge in [-0.25, -0.2) is 10.8 Å². The van der Waals surface area contributed by atoms with Gasteiger partial charge < -0.3 is 30.1 Å². The summed E-state index contributed by atoms with van der Waals surface area (Å²) in [4.78, 5) is 8.99. The van der Waals surface area contributed by atoms with Crippen LogP contribution in [-0.4, -0.2) is 53.5 Å². The van der Waals surface area contributed by atoms with Crippen molar-refractivity contribution in [3.8, 4) is 5.75 Å². The second-order valence-electron chi connectivity index (χ2n) is 8.09. The molecule has 10 nitrogen and oxygen atoms in total. The van der Waals surface area contributed by atoms with E-state index in [-0.39, 0.29) is 6.10 Å². The zero-order chi connectivity index (χ0) is 22.9. The summed E-state index contributed by atoms with van der Waals surface area (Å²) in [5.41, 5.74) is 9.00. The Morgan fingerprint density at radius 3 is 2.72 bits per heavy atom. The van der Waals surface area contributed by atoms with Crippen LogP contribution in [0.1, 0.15) is 55.8 Å². The Kier molecular flexibility index (Phi) is 8.69. The van der Waals surface area contributed by atoms with Crippen LogP contribution in [-0.2, 0) is 11.2 Å². The average Bonchev–Trinajstić information content (AvgIpc) is 3.23. The van der Waals surface area contributed by atoms with Gasteiger partial charge in [-0.15, -0.1) is 0 Å². The van der Waals surface area contributed by atoms with Crippen molar-refractivity contribution in [1.82, 2.24) is 20.1 Å². The minimum Gasteiger partial charge on any atom is -0.489 e. The number of aromatic nitrogens is 3. The summed E-state index contributed by atoms with van der Waals surface area (Å²) in [6.45, 7) is 2.89. The molecule has 1 aliphatic rings. The summed E-state index contributed by atoms with van der Waals surface area (Å²) in [6.07, 6.45) is 7.67. The van der Waals surface area contributed by atoms with Gasteiger partial charge in [-0.05, 0) is 56.3 Å². The summed E-state index contributed by atoms with van der Waals surface area (Å²) < 4.78 is 16.5. The number of nitrogens with zero attached hydrogens (tertiary/aromatic N) is 4. The van der Waals surface area contributed by atoms with E-state index in [1.54, 1.807) is 14.2 Å². The zero-order valence-electron chi connectivity index (χ0n) is 19.3. The molecule has 0 radical (unpaired) electrons. The van der Waals surface area contributed by atoms with Crippen molar-refractivity contribution in [2.24, 2.45) is 11.6 Å². The highest BCUT2D eigenvalue weighted by Crippen LogP contribution is 2.26. The zero-order valence-corrected chi connectivity index (χ0v) is 19.3. The minimum absolute atomic E-state index is 0.271. The number of aryl methyl sites for hydroxylation is 2. The Labute approximate surface area is 189 Å². The number of anilines is 1. The van der Waals surface area contributed by atoms with Crippen LogP contribution in [0.5, 0.6) is 5.75 Å². The predicted molar refractivity (Wildman–Crippen MR) is 123 cm³/mol. The van der Waals surface area contributed by atoms with Crippen LogP contribution in [0.4, 0.5) is 5.95 Å². The number of pyridine rings is 1. The van der Waals surface area contributed by atoms with Gasteiger partial charge in [0.25, 0.3) is 5.95 Å². The highest BCUT2D eigenvalue weighted by atomic mass is 16.5. The number of nitrogens with one attached hydrogen (secondary N) is 1. The highest BCUT2D eigenvalue weighted by Gasteiger charge is 2.18. The van der Waals surface area contributed by atoms with Crippen LogP contribution < -0.4 is 21.6 Å². The lowest BCUT2D eigenvalue weighted by Gasteiger charge is -2.24. The fraction of sp³-hybridized carbons (Fsp3) is 0.591. The van der Waals surface area contributed by atoms with E-state index in [1.807, 2.05) is 19.1 Å². The van der Waals surface area contributed by atoms with Gasteiger partial charge in [-0.1, -0.05) is 6.42 Å². The largest absolute Gasteiger partial charge is 0.489 e. The number of likely N-dealkylation sites (N-methyl/N-ethyl adjacent to an activating group) is 1. The summed E-state index contributed by atoms with van der Waals surface area (Å²) >= 11 is 0. The van der Waals surface area contributed by atoms with Crippen molar-refractivity contribution < 1.29 is 14.0 Å². The fourth-order valence-corrected chi connectivity index (χ4v) is 3.70. The number of hydrazine groups is 1. The number of hydrogen-bond acceptors (Lipinski definition) is 10. The third-order valence-electron chi connectivity index (χ3n) is 5.52. The van der Waals surface area contributed by atoms with Gasteiger partial charge >= 0.3 is 0 Å². The fourth-order valence-electron chi connectivity index (χ4n) is 3.70. The van der Waals surface area contributed by atoms with Crippen LogP contribution >= 0.6 is 0 Å². The van der Waals surface area contributed by atoms with Gasteiger partial charge in [-0.3, -0.25) is 0 Å². The number of hydrogen-bond donors (Lipinski definition) is 3. The van der Waals surface area contributed by atoms with Crippen LogP contribution in [0.15, 0.2) is 22.4 Å². The maximum Gasteiger partial charge on any atom is 0.263 e. The number of rotatable bonds is 11. The lowest BCUT2D eigenvalue weighted by molar-refractivity contribution is 0.153. The summed E-state index contributed by atoms with van der Waals surface area (Å²) in [6, 6.07) is 3.80. The molecule has 0 bridgehead atoms. The Morgan fingerprint density at radius 2 is 2.03 bits per heavy atom. The molecule has 32 heavy (non-hydrogen) atoms. The van der Waals surface area contributed by atoms with E-state index in [4.69, 9.17) is 25.6 Å². The van der Waals surface area contributed by atoms with Gasteiger partial charge in [0, 0.05) is 27.2 Å². The van der Waals surface area contributed by atoms with Crippen molar-refractivity contribution in [2.45, 2.75) is 58.0 Å². The van der Waals surface area contributed by atoms with Crippen molar-refractivity contribution in [1.29, 1.82) is 0 Å². The smallest absolute Gasteiger partial charge is 0.263 e. The van der Waals surface area contributed by atoms with E-state index < -0.39 is 0 Å². The lowest BCUT2D eigenvalue weighted by atomic mass is 9.98. The Morgan fingerprint density at radius 1 is 1.25 bits per heavy atom. The normalized spacial score (nSPS) is 15.4. The van der Waals surface area contributed by atoms with Crippen LogP contribution in [0, 0.1) is 6.92 Å². The maximum atomic E-state index is 6.43. The molecule has 0 aromatic carbocycles. The third kappa shape index (κ3) is 6.57. The van der Waals surface area contributed by atoms with Crippen molar-refractivity contribution in [3.63, 3.8) is 0 Å². The molecule has 3 rings (SSSR count). The molecule has 5 N–H and O–H groups in total. The maximum absolute atomic E-state index is 6.43. The molecule has 176 valence electrons. The van der Waals surface area contributed by atoms with E-state index in [1.165, 1.54) is 24.3 Å². The molecular weight excluding hydrogens is 410 g/mol. The highest BCUT2D eigenvalue weighted by molar-refractivity contribution is 5.64. The molecule has 10 heteroatoms. The minimum atomic E-state index is 0.271. The first-order chi connectivity index (χ1) is 15.5. The SMILES string of the molecule is COCCCc1nc(NC/C(=C(/N)c2ccc(OC3CCCCC3)c(C)n2)N(C)N)no1. The van der Waals surface area contributed by atoms with Crippen LogP contribution in [0.2, 0.25) is 0 Å². The predicted octanol–water partition coefficient (Wildman–Crippen LogP) is 2.61. The summed E-state index contributed by atoms with van der Waals surface area (Å²) in [7, 11) is 3.39. The van der Waals surface area contributed by atoms with Crippen molar-refractivity contribution in [3.05, 3.63) is 35.1 Å². The Bertz CT molecular complexity index is 891. The van der Waals surface area contributed by atoms with E-state index in [0.29, 0.717) is 48.5 Å². The molecule has 0 unspecified atom stereocenters. The molecule has 2 aromatic heterocycles. The second kappa shape index (κ2) is 11.7. The molecule has 0 amide bonds. The van der Waals surface area contributed by atoms with Crippen LogP contribution in [0.25, 0.3) is 5.70 Å². The molecule has 1 fully saturated rings. The summed E-state index contributed by atoms with van der Waals surface area (Å²) in [5.74, 6) is 7.78. The first kappa shape index (κ1) is 23.8. The number of nitrogens with two attached hydrogens (primary N) is 2. The van der Waals surface area contributed by atoms with Gasteiger partial charge in [-0.2, -0.15) is 4.98 Å². The Hall–Kier alpha value is -2.85. The van der Waals surface area contributed by atoms with Gasteiger partial charge in [0.1, 0.15) is 5.75 Å². The molecule has 2 heterocycles. The quantitative estimate of drug-likeness (QED) is 0.269. The topological polar surface area (TPSA) is 138 Å². The molecule has 1 saturated carbocycles. The number of methoxy groups -OCH3 is 1. The number of ether oxygens (including phenoxy) is 2. The first-order valence-corrected chi connectivity index (χ1v) is 11.1. The third-order valence-corrected chi connectivity index (χ3v) is 5.52. The molecular formula is C22H35N7O3. The van der Waals surface area contributed by atoms with E-state index in [2.05, 4.69) is 20.4 Å². The van der Waals surface area contributed by atoms with E-state index in [9.17, 15) is 0 Å². The standard InChI is InChI=1S/C22H35N7O3/c1-15-19(31-16-8-5-4-6-9-16)12-11-17(26-15)21(23)18(29(2)24)14-25-22-27-20(32-28-22)10-7-13-30-3/h11-12,16H,4-10,13-14,23-24H2,1-3H3,(H,25,28)/b21-18-. The average molecular weight is 446 g/mol. The summed E-state index contributed by atoms with van der Waals surface area (Å²) in [5, 5.41) is 8.52. The second-order valence-corrected chi connectivity index (χ2v) is 8.09. The molecule has 0 aliphatic heterocycles. The molecule has 0 spiro atoms. The van der Waals surface area contributed by atoms with Crippen LogP contribution in [0.3, 0.4) is 0 Å². The van der Waals surface area contributed by atoms with Crippen molar-refractivity contribution in [2.75, 3.05) is 32.6 Å². The van der Waals surface area contributed by atoms with E-state index in [0.717, 1.165) is 30.7 Å². The molecule has 2 aromatic rings. The van der Waals surface area contributed by atoms with Gasteiger partial charge in [0.15, 0.2) is 0 Å². The lowest BCUT2D eigenvalue weighted by Crippen LogP contribution is -2.32.